The van der Waals surface area contributed by atoms with Crippen LogP contribution in [0.5, 0.6) is 0 Å². The molecule has 244 valence electrons. The van der Waals surface area contributed by atoms with Gasteiger partial charge < -0.3 is 4.90 Å². The van der Waals surface area contributed by atoms with Gasteiger partial charge in [-0.1, -0.05) is 158 Å². The van der Waals surface area contributed by atoms with Crippen molar-refractivity contribution >= 4 is 70.1 Å². The van der Waals surface area contributed by atoms with Gasteiger partial charge in [-0.3, -0.25) is 0 Å². The van der Waals surface area contributed by atoms with Crippen molar-refractivity contribution in [3.05, 3.63) is 200 Å². The largest absolute Gasteiger partial charge is 0.310 e. The zero-order valence-corrected chi connectivity index (χ0v) is 29.2. The van der Waals surface area contributed by atoms with Gasteiger partial charge in [0.05, 0.1) is 5.69 Å². The second-order valence-electron chi connectivity index (χ2n) is 13.3. The fraction of sp³-hybridized carbons (Fsp3) is 0. The highest BCUT2D eigenvalue weighted by molar-refractivity contribution is 7.25. The molecule has 0 atom stereocenters. The monoisotopic (exact) mass is 679 g/mol. The molecule has 0 aliphatic heterocycles. The first-order valence-electron chi connectivity index (χ1n) is 17.8. The third-order valence-corrected chi connectivity index (χ3v) is 11.4. The Morgan fingerprint density at radius 2 is 0.885 bits per heavy atom. The Balaban J connectivity index is 1.09. The van der Waals surface area contributed by atoms with Crippen LogP contribution in [0.15, 0.2) is 200 Å². The Morgan fingerprint density at radius 1 is 0.327 bits per heavy atom. The first-order valence-corrected chi connectivity index (χ1v) is 18.6. The molecule has 0 bridgehead atoms. The third-order valence-electron chi connectivity index (χ3n) is 10.3. The van der Waals surface area contributed by atoms with Gasteiger partial charge in [-0.2, -0.15) is 0 Å². The van der Waals surface area contributed by atoms with Gasteiger partial charge in [0.25, 0.3) is 0 Å². The number of anilines is 3. The fourth-order valence-electron chi connectivity index (χ4n) is 7.76. The zero-order valence-electron chi connectivity index (χ0n) is 28.4. The maximum Gasteiger partial charge on any atom is 0.0540 e. The lowest BCUT2D eigenvalue weighted by Crippen LogP contribution is -2.11. The summed E-state index contributed by atoms with van der Waals surface area (Å²) in [5.74, 6) is 0. The molecule has 0 fully saturated rings. The lowest BCUT2D eigenvalue weighted by atomic mass is 9.95. The topological polar surface area (TPSA) is 3.24 Å². The van der Waals surface area contributed by atoms with Crippen molar-refractivity contribution in [1.82, 2.24) is 0 Å². The van der Waals surface area contributed by atoms with E-state index >= 15 is 0 Å². The maximum atomic E-state index is 2.42. The minimum Gasteiger partial charge on any atom is -0.310 e. The van der Waals surface area contributed by atoms with Crippen LogP contribution in [0.4, 0.5) is 17.1 Å². The number of benzene rings is 9. The van der Waals surface area contributed by atoms with Gasteiger partial charge in [-0.15, -0.1) is 11.3 Å². The average molecular weight is 680 g/mol. The lowest BCUT2D eigenvalue weighted by Gasteiger charge is -2.28. The van der Waals surface area contributed by atoms with Gasteiger partial charge in [-0.05, 0) is 91.8 Å². The molecule has 0 spiro atoms. The number of para-hydroxylation sites is 1. The van der Waals surface area contributed by atoms with Crippen molar-refractivity contribution in [1.29, 1.82) is 0 Å². The van der Waals surface area contributed by atoms with Gasteiger partial charge in [0.2, 0.25) is 0 Å². The van der Waals surface area contributed by atoms with E-state index in [9.17, 15) is 0 Å². The van der Waals surface area contributed by atoms with Crippen molar-refractivity contribution in [3.8, 4) is 33.4 Å². The molecule has 0 N–H and O–H groups in total. The molecule has 1 nitrogen and oxygen atoms in total. The van der Waals surface area contributed by atoms with Crippen LogP contribution >= 0.6 is 11.3 Å². The minimum atomic E-state index is 1.11. The Kier molecular flexibility index (Phi) is 7.41. The molecule has 0 aliphatic carbocycles. The van der Waals surface area contributed by atoms with E-state index in [4.69, 9.17) is 0 Å². The van der Waals surface area contributed by atoms with Crippen molar-refractivity contribution < 1.29 is 0 Å². The Hall–Kier alpha value is -6.48. The summed E-state index contributed by atoms with van der Waals surface area (Å²) in [5.41, 5.74) is 10.7. The SMILES string of the molecule is c1ccc(N(c2ccc(-c3ccc(-c4cccc5ccccc45)cc3)cc2)c2ccc3ccccc3c2)c(-c2cccc3sc4ccccc4c23)c1. The maximum absolute atomic E-state index is 2.42. The summed E-state index contributed by atoms with van der Waals surface area (Å²) >= 11 is 1.86. The van der Waals surface area contributed by atoms with Crippen LogP contribution in [0.2, 0.25) is 0 Å². The van der Waals surface area contributed by atoms with E-state index in [1.165, 1.54) is 75.1 Å². The molecule has 10 rings (SSSR count). The van der Waals surface area contributed by atoms with E-state index in [1.54, 1.807) is 0 Å². The molecule has 0 radical (unpaired) electrons. The summed E-state index contributed by atoms with van der Waals surface area (Å²) in [6.07, 6.45) is 0. The summed E-state index contributed by atoms with van der Waals surface area (Å²) in [6, 6.07) is 72.9. The van der Waals surface area contributed by atoms with E-state index < -0.39 is 0 Å². The standard InChI is InChI=1S/C50H33NS/c1-2-13-39-33-41(32-29-34(39)11-1)51(47-20-7-5-16-44(47)45-19-10-22-49-50(45)46-17-6-8-21-48(46)52-49)40-30-27-36(28-31-40)35-23-25-38(26-24-35)43-18-9-14-37-12-3-4-15-42(37)43/h1-33H. The van der Waals surface area contributed by atoms with Crippen LogP contribution in [0.3, 0.4) is 0 Å². The summed E-state index contributed by atoms with van der Waals surface area (Å²) in [6.45, 7) is 0. The van der Waals surface area contributed by atoms with Crippen LogP contribution in [-0.4, -0.2) is 0 Å². The van der Waals surface area contributed by atoms with Gasteiger partial charge in [0.15, 0.2) is 0 Å². The number of hydrogen-bond donors (Lipinski definition) is 0. The number of fused-ring (bicyclic) bond motifs is 5. The summed E-state index contributed by atoms with van der Waals surface area (Å²) in [4.78, 5) is 2.42. The number of thiophene rings is 1. The molecule has 1 heterocycles. The quantitative estimate of drug-likeness (QED) is 0.169. The second kappa shape index (κ2) is 12.7. The molecule has 1 aromatic heterocycles. The van der Waals surface area contributed by atoms with Crippen LogP contribution in [0, 0.1) is 0 Å². The van der Waals surface area contributed by atoms with Crippen LogP contribution < -0.4 is 4.90 Å². The Morgan fingerprint density at radius 3 is 1.73 bits per heavy atom. The molecule has 0 aliphatic rings. The second-order valence-corrected chi connectivity index (χ2v) is 14.4. The van der Waals surface area contributed by atoms with Crippen LogP contribution in [-0.2, 0) is 0 Å². The number of nitrogens with zero attached hydrogens (tertiary/aromatic N) is 1. The summed E-state index contributed by atoms with van der Waals surface area (Å²) in [7, 11) is 0. The smallest absolute Gasteiger partial charge is 0.0540 e. The molecule has 9 aromatic carbocycles. The molecule has 0 saturated carbocycles. The summed E-state index contributed by atoms with van der Waals surface area (Å²) in [5, 5.41) is 7.61. The fourth-order valence-corrected chi connectivity index (χ4v) is 8.89. The van der Waals surface area contributed by atoms with E-state index in [2.05, 4.69) is 205 Å². The van der Waals surface area contributed by atoms with Gasteiger partial charge >= 0.3 is 0 Å². The Bertz CT molecular complexity index is 2890. The normalized spacial score (nSPS) is 11.5. The van der Waals surface area contributed by atoms with Gasteiger partial charge in [-0.25, -0.2) is 0 Å². The van der Waals surface area contributed by atoms with Crippen molar-refractivity contribution in [2.75, 3.05) is 4.90 Å². The van der Waals surface area contributed by atoms with Gasteiger partial charge in [0, 0.05) is 37.1 Å². The predicted octanol–water partition coefficient (Wildman–Crippen LogP) is 14.8. The van der Waals surface area contributed by atoms with E-state index in [-0.39, 0.29) is 0 Å². The molecular weight excluding hydrogens is 647 g/mol. The van der Waals surface area contributed by atoms with Crippen molar-refractivity contribution in [2.45, 2.75) is 0 Å². The highest BCUT2D eigenvalue weighted by Crippen LogP contribution is 2.46. The molecule has 0 saturated heterocycles. The first kappa shape index (κ1) is 30.4. The van der Waals surface area contributed by atoms with E-state index in [0.29, 0.717) is 0 Å². The predicted molar refractivity (Wildman–Crippen MR) is 225 cm³/mol. The third kappa shape index (κ3) is 5.24. The van der Waals surface area contributed by atoms with E-state index in [1.807, 2.05) is 11.3 Å². The zero-order chi connectivity index (χ0) is 34.4. The highest BCUT2D eigenvalue weighted by atomic mass is 32.1. The van der Waals surface area contributed by atoms with Crippen LogP contribution in [0.25, 0.3) is 75.1 Å². The molecule has 10 aromatic rings. The average Bonchev–Trinajstić information content (AvgIpc) is 3.60. The van der Waals surface area contributed by atoms with Crippen LogP contribution in [0.1, 0.15) is 0 Å². The molecule has 2 heteroatoms. The van der Waals surface area contributed by atoms with E-state index in [0.717, 1.165) is 17.1 Å². The molecule has 52 heavy (non-hydrogen) atoms. The van der Waals surface area contributed by atoms with Crippen molar-refractivity contribution in [3.63, 3.8) is 0 Å². The summed E-state index contributed by atoms with van der Waals surface area (Å²) < 4.78 is 2.62. The molecular formula is C50H33NS. The lowest BCUT2D eigenvalue weighted by molar-refractivity contribution is 1.29. The number of rotatable bonds is 6. The number of hydrogen-bond acceptors (Lipinski definition) is 2. The van der Waals surface area contributed by atoms with Crippen molar-refractivity contribution in [2.24, 2.45) is 0 Å². The Labute approximate surface area is 307 Å². The molecule has 0 amide bonds. The first-order chi connectivity index (χ1) is 25.8. The molecule has 0 unspecified atom stereocenters. The highest BCUT2D eigenvalue weighted by Gasteiger charge is 2.20. The minimum absolute atomic E-state index is 1.11. The van der Waals surface area contributed by atoms with Gasteiger partial charge in [0.1, 0.15) is 0 Å².